The zero-order valence-corrected chi connectivity index (χ0v) is 6.84. The summed E-state index contributed by atoms with van der Waals surface area (Å²) in [5, 5.41) is 11.5. The molecule has 0 heterocycles. The van der Waals surface area contributed by atoms with E-state index in [0.717, 1.165) is 6.42 Å². The Labute approximate surface area is 66.8 Å². The molecule has 4 N–H and O–H groups in total. The van der Waals surface area contributed by atoms with Gasteiger partial charge < -0.3 is 16.2 Å². The Hall–Kier alpha value is -0.610. The molecule has 4 heteroatoms. The van der Waals surface area contributed by atoms with E-state index in [-0.39, 0.29) is 5.91 Å². The number of hydrogen-bond acceptors (Lipinski definition) is 3. The Morgan fingerprint density at radius 3 is 2.82 bits per heavy atom. The summed E-state index contributed by atoms with van der Waals surface area (Å²) in [4.78, 5) is 10.8. The van der Waals surface area contributed by atoms with Crippen LogP contribution in [0.15, 0.2) is 0 Å². The van der Waals surface area contributed by atoms with Gasteiger partial charge in [0, 0.05) is 6.54 Å². The second-order valence-corrected chi connectivity index (χ2v) is 2.36. The van der Waals surface area contributed by atoms with Crippen molar-refractivity contribution < 1.29 is 9.90 Å². The van der Waals surface area contributed by atoms with E-state index in [1.54, 1.807) is 6.92 Å². The molecule has 0 saturated carbocycles. The number of amides is 1. The number of hydrogen-bond donors (Lipinski definition) is 3. The summed E-state index contributed by atoms with van der Waals surface area (Å²) < 4.78 is 0. The maximum Gasteiger partial charge on any atom is 0.248 e. The van der Waals surface area contributed by atoms with E-state index < -0.39 is 6.10 Å². The van der Waals surface area contributed by atoms with E-state index in [9.17, 15) is 4.79 Å². The van der Waals surface area contributed by atoms with Crippen LogP contribution < -0.4 is 11.1 Å². The Morgan fingerprint density at radius 1 is 1.73 bits per heavy atom. The molecule has 0 aliphatic heterocycles. The zero-order valence-electron chi connectivity index (χ0n) is 6.84. The summed E-state index contributed by atoms with van der Waals surface area (Å²) in [7, 11) is 0. The summed E-state index contributed by atoms with van der Waals surface area (Å²) in [6, 6.07) is 0. The van der Waals surface area contributed by atoms with Crippen LogP contribution in [0, 0.1) is 0 Å². The zero-order chi connectivity index (χ0) is 8.69. The molecule has 0 aliphatic rings. The van der Waals surface area contributed by atoms with Gasteiger partial charge in [0.25, 0.3) is 0 Å². The van der Waals surface area contributed by atoms with Crippen molar-refractivity contribution >= 4 is 5.91 Å². The molecule has 0 saturated heterocycles. The number of carbonyl (C=O) groups is 1. The van der Waals surface area contributed by atoms with Crippen molar-refractivity contribution in [2.24, 2.45) is 5.73 Å². The van der Waals surface area contributed by atoms with E-state index in [0.29, 0.717) is 19.5 Å². The van der Waals surface area contributed by atoms with E-state index >= 15 is 0 Å². The van der Waals surface area contributed by atoms with Crippen molar-refractivity contribution in [2.45, 2.75) is 25.9 Å². The van der Waals surface area contributed by atoms with Crippen LogP contribution in [0.2, 0.25) is 0 Å². The molecule has 66 valence electrons. The minimum atomic E-state index is -0.868. The summed E-state index contributed by atoms with van der Waals surface area (Å²) in [6.07, 6.45) is 0.337. The second kappa shape index (κ2) is 6.12. The molecule has 0 aliphatic carbocycles. The molecule has 1 unspecified atom stereocenters. The standard InChI is InChI=1S/C7H16N2O2/c1-2-6(10)7(11)9-5-3-4-8/h6,10H,2-5,8H2,1H3,(H,9,11). The monoisotopic (exact) mass is 160 g/mol. The van der Waals surface area contributed by atoms with Crippen molar-refractivity contribution in [2.75, 3.05) is 13.1 Å². The average Bonchev–Trinajstić information content (AvgIpc) is 2.03. The lowest BCUT2D eigenvalue weighted by Crippen LogP contribution is -2.35. The quantitative estimate of drug-likeness (QED) is 0.462. The molecule has 1 atom stereocenters. The molecule has 0 radical (unpaired) electrons. The molecule has 0 spiro atoms. The van der Waals surface area contributed by atoms with Crippen LogP contribution in [0.4, 0.5) is 0 Å². The number of nitrogens with one attached hydrogen (secondary N) is 1. The molecule has 0 aromatic carbocycles. The highest BCUT2D eigenvalue weighted by atomic mass is 16.3. The molecule has 0 aromatic rings. The van der Waals surface area contributed by atoms with Crippen LogP contribution in [0.25, 0.3) is 0 Å². The molecule has 0 aromatic heterocycles. The number of aliphatic hydroxyl groups excluding tert-OH is 1. The summed E-state index contributed by atoms with van der Waals surface area (Å²) in [5.41, 5.74) is 5.21. The fraction of sp³-hybridized carbons (Fsp3) is 0.857. The third-order valence-electron chi connectivity index (χ3n) is 1.37. The van der Waals surface area contributed by atoms with Gasteiger partial charge in [-0.05, 0) is 19.4 Å². The normalized spacial score (nSPS) is 12.6. The topological polar surface area (TPSA) is 75.3 Å². The number of nitrogens with two attached hydrogens (primary N) is 1. The van der Waals surface area contributed by atoms with E-state index in [1.807, 2.05) is 0 Å². The van der Waals surface area contributed by atoms with Crippen molar-refractivity contribution in [3.8, 4) is 0 Å². The first-order chi connectivity index (χ1) is 5.22. The summed E-state index contributed by atoms with van der Waals surface area (Å²) in [6.45, 7) is 2.86. The Balaban J connectivity index is 3.36. The highest BCUT2D eigenvalue weighted by Gasteiger charge is 2.10. The molecular formula is C7H16N2O2. The third kappa shape index (κ3) is 4.75. The fourth-order valence-electron chi connectivity index (χ4n) is 0.617. The van der Waals surface area contributed by atoms with Crippen molar-refractivity contribution in [1.82, 2.24) is 5.32 Å². The van der Waals surface area contributed by atoms with Gasteiger partial charge in [0.15, 0.2) is 0 Å². The Morgan fingerprint density at radius 2 is 2.36 bits per heavy atom. The molecule has 0 fully saturated rings. The highest BCUT2D eigenvalue weighted by Crippen LogP contribution is 1.88. The molecule has 0 bridgehead atoms. The Bertz CT molecular complexity index is 117. The maximum atomic E-state index is 10.8. The van der Waals surface area contributed by atoms with E-state index in [4.69, 9.17) is 10.8 Å². The smallest absolute Gasteiger partial charge is 0.248 e. The lowest BCUT2D eigenvalue weighted by molar-refractivity contribution is -0.129. The third-order valence-corrected chi connectivity index (χ3v) is 1.37. The Kier molecular flexibility index (Phi) is 5.78. The van der Waals surface area contributed by atoms with Gasteiger partial charge in [-0.1, -0.05) is 6.92 Å². The van der Waals surface area contributed by atoms with Crippen LogP contribution in [-0.2, 0) is 4.79 Å². The number of carbonyl (C=O) groups excluding carboxylic acids is 1. The van der Waals surface area contributed by atoms with Gasteiger partial charge in [0.1, 0.15) is 6.10 Å². The van der Waals surface area contributed by atoms with Crippen molar-refractivity contribution in [3.63, 3.8) is 0 Å². The van der Waals surface area contributed by atoms with Gasteiger partial charge in [-0.15, -0.1) is 0 Å². The van der Waals surface area contributed by atoms with Crippen molar-refractivity contribution in [3.05, 3.63) is 0 Å². The van der Waals surface area contributed by atoms with Gasteiger partial charge in [-0.2, -0.15) is 0 Å². The maximum absolute atomic E-state index is 10.8. The summed E-state index contributed by atoms with van der Waals surface area (Å²) in [5.74, 6) is -0.305. The van der Waals surface area contributed by atoms with Crippen molar-refractivity contribution in [1.29, 1.82) is 0 Å². The molecule has 1 amide bonds. The minimum Gasteiger partial charge on any atom is -0.383 e. The molecule has 11 heavy (non-hydrogen) atoms. The minimum absolute atomic E-state index is 0.305. The largest absolute Gasteiger partial charge is 0.383 e. The summed E-state index contributed by atoms with van der Waals surface area (Å²) >= 11 is 0. The average molecular weight is 160 g/mol. The van der Waals surface area contributed by atoms with E-state index in [2.05, 4.69) is 5.32 Å². The SMILES string of the molecule is CCC(O)C(=O)NCCCN. The molecule has 0 rings (SSSR count). The predicted molar refractivity (Wildman–Crippen MR) is 43.0 cm³/mol. The van der Waals surface area contributed by atoms with Gasteiger partial charge in [0.05, 0.1) is 0 Å². The molecule has 4 nitrogen and oxygen atoms in total. The van der Waals surface area contributed by atoms with Gasteiger partial charge in [0.2, 0.25) is 5.91 Å². The first kappa shape index (κ1) is 10.4. The lowest BCUT2D eigenvalue weighted by atomic mass is 10.2. The van der Waals surface area contributed by atoms with Crippen LogP contribution in [0.5, 0.6) is 0 Å². The van der Waals surface area contributed by atoms with E-state index in [1.165, 1.54) is 0 Å². The number of aliphatic hydroxyl groups is 1. The second-order valence-electron chi connectivity index (χ2n) is 2.36. The van der Waals surface area contributed by atoms with Crippen LogP contribution in [-0.4, -0.2) is 30.2 Å². The van der Waals surface area contributed by atoms with Gasteiger partial charge >= 0.3 is 0 Å². The first-order valence-electron chi connectivity index (χ1n) is 3.88. The van der Waals surface area contributed by atoms with Gasteiger partial charge in [-0.3, -0.25) is 4.79 Å². The highest BCUT2D eigenvalue weighted by molar-refractivity contribution is 5.80. The van der Waals surface area contributed by atoms with Crippen LogP contribution in [0.3, 0.4) is 0 Å². The fourth-order valence-corrected chi connectivity index (χ4v) is 0.617. The predicted octanol–water partition coefficient (Wildman–Crippen LogP) is -0.778. The first-order valence-corrected chi connectivity index (χ1v) is 3.88. The lowest BCUT2D eigenvalue weighted by Gasteiger charge is -2.07. The van der Waals surface area contributed by atoms with Crippen LogP contribution >= 0.6 is 0 Å². The molecular weight excluding hydrogens is 144 g/mol. The van der Waals surface area contributed by atoms with Crippen LogP contribution in [0.1, 0.15) is 19.8 Å². The van der Waals surface area contributed by atoms with Gasteiger partial charge in [-0.25, -0.2) is 0 Å². The number of rotatable bonds is 5.